The SMILES string of the molecule is Cc1ccc2cc(/C=C3/SC(=Nc4c(Cl)cccc4Cl)NC3=O)ccc2n1. The minimum absolute atomic E-state index is 0.205. The van der Waals surface area contributed by atoms with Gasteiger partial charge < -0.3 is 5.32 Å². The highest BCUT2D eigenvalue weighted by atomic mass is 35.5. The third-order valence-electron chi connectivity index (χ3n) is 3.95. The van der Waals surface area contributed by atoms with Crippen molar-refractivity contribution in [1.82, 2.24) is 10.3 Å². The Labute approximate surface area is 170 Å². The van der Waals surface area contributed by atoms with Gasteiger partial charge in [0, 0.05) is 11.1 Å². The summed E-state index contributed by atoms with van der Waals surface area (Å²) in [6.07, 6.45) is 1.83. The summed E-state index contributed by atoms with van der Waals surface area (Å²) < 4.78 is 0. The lowest BCUT2D eigenvalue weighted by atomic mass is 10.1. The maximum absolute atomic E-state index is 12.3. The van der Waals surface area contributed by atoms with Crippen molar-refractivity contribution in [3.8, 4) is 0 Å². The molecule has 0 saturated carbocycles. The summed E-state index contributed by atoms with van der Waals surface area (Å²) in [6.45, 7) is 1.96. The smallest absolute Gasteiger partial charge is 0.264 e. The van der Waals surface area contributed by atoms with Crippen molar-refractivity contribution in [1.29, 1.82) is 0 Å². The second kappa shape index (κ2) is 7.35. The van der Waals surface area contributed by atoms with Crippen LogP contribution >= 0.6 is 35.0 Å². The van der Waals surface area contributed by atoms with Gasteiger partial charge in [0.15, 0.2) is 5.17 Å². The van der Waals surface area contributed by atoms with Crippen LogP contribution in [-0.4, -0.2) is 16.1 Å². The molecule has 0 atom stereocenters. The van der Waals surface area contributed by atoms with E-state index in [0.29, 0.717) is 25.8 Å². The number of hydrogen-bond acceptors (Lipinski definition) is 4. The summed E-state index contributed by atoms with van der Waals surface area (Å²) in [7, 11) is 0. The lowest BCUT2D eigenvalue weighted by Crippen LogP contribution is -2.19. The molecule has 0 radical (unpaired) electrons. The van der Waals surface area contributed by atoms with Gasteiger partial charge in [-0.15, -0.1) is 0 Å². The number of rotatable bonds is 2. The van der Waals surface area contributed by atoms with Crippen LogP contribution in [0, 0.1) is 6.92 Å². The van der Waals surface area contributed by atoms with E-state index in [1.165, 1.54) is 11.8 Å². The zero-order valence-electron chi connectivity index (χ0n) is 14.2. The molecule has 134 valence electrons. The molecule has 27 heavy (non-hydrogen) atoms. The molecular formula is C20H13Cl2N3OS. The number of carbonyl (C=O) groups excluding carboxylic acids is 1. The molecule has 1 N–H and O–H groups in total. The monoisotopic (exact) mass is 413 g/mol. The summed E-state index contributed by atoms with van der Waals surface area (Å²) >= 11 is 13.5. The number of aliphatic imine (C=N–C) groups is 1. The number of fused-ring (bicyclic) bond motifs is 1. The first-order valence-electron chi connectivity index (χ1n) is 8.10. The molecular weight excluding hydrogens is 401 g/mol. The predicted molar refractivity (Wildman–Crippen MR) is 114 cm³/mol. The predicted octanol–water partition coefficient (Wildman–Crippen LogP) is 5.74. The number of thioether (sulfide) groups is 1. The fourth-order valence-corrected chi connectivity index (χ4v) is 3.97. The van der Waals surface area contributed by atoms with Gasteiger partial charge in [0.25, 0.3) is 5.91 Å². The van der Waals surface area contributed by atoms with Crippen LogP contribution in [0.4, 0.5) is 5.69 Å². The number of nitrogens with one attached hydrogen (secondary N) is 1. The van der Waals surface area contributed by atoms with E-state index in [9.17, 15) is 4.79 Å². The highest BCUT2D eigenvalue weighted by molar-refractivity contribution is 8.18. The number of benzene rings is 2. The zero-order valence-corrected chi connectivity index (χ0v) is 16.5. The van der Waals surface area contributed by atoms with Crippen molar-refractivity contribution in [2.75, 3.05) is 0 Å². The van der Waals surface area contributed by atoms with Crippen molar-refractivity contribution in [3.05, 3.63) is 74.7 Å². The number of amidine groups is 1. The number of nitrogens with zero attached hydrogens (tertiary/aromatic N) is 2. The molecule has 2 aromatic carbocycles. The van der Waals surface area contributed by atoms with Crippen LogP contribution in [0.25, 0.3) is 17.0 Å². The summed E-state index contributed by atoms with van der Waals surface area (Å²) in [5, 5.41) is 5.08. The van der Waals surface area contributed by atoms with Crippen LogP contribution in [0.3, 0.4) is 0 Å². The van der Waals surface area contributed by atoms with Crippen molar-refractivity contribution < 1.29 is 4.79 Å². The van der Waals surface area contributed by atoms with Crippen molar-refractivity contribution in [2.45, 2.75) is 6.92 Å². The average molecular weight is 414 g/mol. The first kappa shape index (κ1) is 18.0. The van der Waals surface area contributed by atoms with E-state index < -0.39 is 0 Å². The van der Waals surface area contributed by atoms with E-state index in [2.05, 4.69) is 15.3 Å². The third kappa shape index (κ3) is 3.86. The molecule has 0 unspecified atom stereocenters. The van der Waals surface area contributed by atoms with Crippen LogP contribution < -0.4 is 5.32 Å². The van der Waals surface area contributed by atoms with E-state index in [-0.39, 0.29) is 5.91 Å². The number of pyridine rings is 1. The van der Waals surface area contributed by atoms with Gasteiger partial charge in [-0.25, -0.2) is 4.99 Å². The van der Waals surface area contributed by atoms with Crippen LogP contribution in [0.15, 0.2) is 58.4 Å². The van der Waals surface area contributed by atoms with Gasteiger partial charge in [-0.3, -0.25) is 9.78 Å². The van der Waals surface area contributed by atoms with Gasteiger partial charge in [0.2, 0.25) is 0 Å². The van der Waals surface area contributed by atoms with E-state index in [1.807, 2.05) is 43.3 Å². The maximum atomic E-state index is 12.3. The highest BCUT2D eigenvalue weighted by Gasteiger charge is 2.24. The van der Waals surface area contributed by atoms with Crippen LogP contribution in [0.5, 0.6) is 0 Å². The van der Waals surface area contributed by atoms with Crippen molar-refractivity contribution in [2.24, 2.45) is 4.99 Å². The van der Waals surface area contributed by atoms with Crippen molar-refractivity contribution in [3.63, 3.8) is 0 Å². The number of para-hydroxylation sites is 1. The molecule has 1 aromatic heterocycles. The number of amides is 1. The highest BCUT2D eigenvalue weighted by Crippen LogP contribution is 2.35. The maximum Gasteiger partial charge on any atom is 0.264 e. The van der Waals surface area contributed by atoms with Crippen molar-refractivity contribution >= 4 is 68.7 Å². The first-order valence-corrected chi connectivity index (χ1v) is 9.68. The van der Waals surface area contributed by atoms with Gasteiger partial charge in [0.1, 0.15) is 5.69 Å². The summed E-state index contributed by atoms with van der Waals surface area (Å²) in [5.74, 6) is -0.205. The molecule has 0 aliphatic carbocycles. The second-order valence-corrected chi connectivity index (χ2v) is 7.80. The molecule has 0 spiro atoms. The molecule has 4 nitrogen and oxygen atoms in total. The Morgan fingerprint density at radius 3 is 2.67 bits per heavy atom. The molecule has 1 fully saturated rings. The fourth-order valence-electron chi connectivity index (χ4n) is 2.67. The Hall–Kier alpha value is -2.34. The van der Waals surface area contributed by atoms with Crippen LogP contribution in [-0.2, 0) is 4.79 Å². The number of halogens is 2. The Morgan fingerprint density at radius 1 is 1.11 bits per heavy atom. The number of aromatic nitrogens is 1. The van der Waals surface area contributed by atoms with E-state index in [1.54, 1.807) is 18.2 Å². The minimum Gasteiger partial charge on any atom is -0.300 e. The minimum atomic E-state index is -0.205. The van der Waals surface area contributed by atoms with E-state index in [4.69, 9.17) is 23.2 Å². The van der Waals surface area contributed by atoms with E-state index in [0.717, 1.165) is 22.2 Å². The molecule has 1 aliphatic rings. The Balaban J connectivity index is 1.64. The normalized spacial score (nSPS) is 17.1. The van der Waals surface area contributed by atoms with Crippen LogP contribution in [0.2, 0.25) is 10.0 Å². The van der Waals surface area contributed by atoms with Gasteiger partial charge in [0.05, 0.1) is 20.5 Å². The molecule has 0 bridgehead atoms. The zero-order chi connectivity index (χ0) is 19.0. The van der Waals surface area contributed by atoms with E-state index >= 15 is 0 Å². The molecule has 3 aromatic rings. The molecule has 7 heteroatoms. The quantitative estimate of drug-likeness (QED) is 0.544. The van der Waals surface area contributed by atoms with Crippen LogP contribution in [0.1, 0.15) is 11.3 Å². The summed E-state index contributed by atoms with van der Waals surface area (Å²) in [4.78, 5) is 21.7. The lowest BCUT2D eigenvalue weighted by molar-refractivity contribution is -0.115. The molecule has 4 rings (SSSR count). The third-order valence-corrected chi connectivity index (χ3v) is 5.47. The largest absolute Gasteiger partial charge is 0.300 e. The number of hydrogen-bond donors (Lipinski definition) is 1. The fraction of sp³-hybridized carbons (Fsp3) is 0.0500. The average Bonchev–Trinajstić information content (AvgIpc) is 2.98. The van der Waals surface area contributed by atoms with Gasteiger partial charge in [-0.1, -0.05) is 41.4 Å². The Morgan fingerprint density at radius 2 is 1.89 bits per heavy atom. The molecule has 1 amide bonds. The second-order valence-electron chi connectivity index (χ2n) is 5.96. The summed E-state index contributed by atoms with van der Waals surface area (Å²) in [5.41, 5.74) is 3.26. The van der Waals surface area contributed by atoms with Gasteiger partial charge >= 0.3 is 0 Å². The first-order chi connectivity index (χ1) is 13.0. The number of carbonyl (C=O) groups is 1. The molecule has 1 aliphatic heterocycles. The lowest BCUT2D eigenvalue weighted by Gasteiger charge is -2.02. The molecule has 1 saturated heterocycles. The topological polar surface area (TPSA) is 54.4 Å². The van der Waals surface area contributed by atoms with Gasteiger partial charge in [-0.2, -0.15) is 0 Å². The standard InChI is InChI=1S/C20H13Cl2N3OS/c1-11-5-7-13-9-12(6-8-16(13)23-11)10-17-19(26)25-20(27-17)24-18-14(21)3-2-4-15(18)22/h2-10H,1H3,(H,24,25,26)/b17-10+. The number of aryl methyl sites for hydroxylation is 1. The summed E-state index contributed by atoms with van der Waals surface area (Å²) in [6, 6.07) is 15.0. The van der Waals surface area contributed by atoms with Gasteiger partial charge in [-0.05, 0) is 60.7 Å². The Kier molecular flexibility index (Phi) is 4.91. The molecule has 2 heterocycles. The Bertz CT molecular complexity index is 1120.